The van der Waals surface area contributed by atoms with Crippen LogP contribution < -0.4 is 5.32 Å². The van der Waals surface area contributed by atoms with Gasteiger partial charge in [-0.2, -0.15) is 0 Å². The standard InChI is InChI=1S/C19H34N4O2/c1-5-20-18(22(4)13-15(24)23(6-2)7-3)21-16-14-9-12-25-17(14)19(16)10-8-11-19/h14,16-17H,5-13H2,1-4H3,(H,20,21). The van der Waals surface area contributed by atoms with Gasteiger partial charge in [0, 0.05) is 50.7 Å². The topological polar surface area (TPSA) is 57.2 Å². The molecule has 0 bridgehead atoms. The van der Waals surface area contributed by atoms with Crippen molar-refractivity contribution in [2.24, 2.45) is 16.3 Å². The zero-order chi connectivity index (χ0) is 18.0. The van der Waals surface area contributed by atoms with Gasteiger partial charge in [-0.15, -0.1) is 0 Å². The van der Waals surface area contributed by atoms with Crippen LogP contribution in [0.4, 0.5) is 0 Å². The highest BCUT2D eigenvalue weighted by Gasteiger charge is 2.66. The van der Waals surface area contributed by atoms with E-state index in [9.17, 15) is 4.79 Å². The maximum Gasteiger partial charge on any atom is 0.242 e. The molecule has 2 saturated carbocycles. The normalized spacial score (nSPS) is 29.6. The van der Waals surface area contributed by atoms with Crippen molar-refractivity contribution < 1.29 is 9.53 Å². The van der Waals surface area contributed by atoms with Crippen molar-refractivity contribution in [2.75, 3.05) is 39.8 Å². The summed E-state index contributed by atoms with van der Waals surface area (Å²) >= 11 is 0. The van der Waals surface area contributed by atoms with E-state index in [0.717, 1.165) is 38.6 Å². The van der Waals surface area contributed by atoms with Crippen LogP contribution in [0.1, 0.15) is 46.5 Å². The minimum absolute atomic E-state index is 0.159. The van der Waals surface area contributed by atoms with Crippen LogP contribution in [0, 0.1) is 11.3 Å². The number of rotatable bonds is 6. The van der Waals surface area contributed by atoms with Crippen molar-refractivity contribution in [3.63, 3.8) is 0 Å². The first kappa shape index (κ1) is 18.5. The number of amides is 1. The van der Waals surface area contributed by atoms with Crippen LogP contribution in [-0.2, 0) is 9.53 Å². The molecule has 25 heavy (non-hydrogen) atoms. The lowest BCUT2D eigenvalue weighted by Crippen LogP contribution is -2.72. The predicted molar refractivity (Wildman–Crippen MR) is 99.6 cm³/mol. The highest BCUT2D eigenvalue weighted by molar-refractivity contribution is 5.86. The van der Waals surface area contributed by atoms with Gasteiger partial charge in [-0.1, -0.05) is 6.42 Å². The molecule has 1 aliphatic heterocycles. The molecule has 3 aliphatic rings. The Kier molecular flexibility index (Phi) is 5.56. The van der Waals surface area contributed by atoms with E-state index in [4.69, 9.17) is 4.74 Å². The van der Waals surface area contributed by atoms with Crippen molar-refractivity contribution in [3.05, 3.63) is 0 Å². The second kappa shape index (κ2) is 7.52. The van der Waals surface area contributed by atoms with Crippen LogP contribution in [0.25, 0.3) is 0 Å². The van der Waals surface area contributed by atoms with Gasteiger partial charge in [-0.05, 0) is 40.0 Å². The van der Waals surface area contributed by atoms with Crippen LogP contribution >= 0.6 is 0 Å². The monoisotopic (exact) mass is 350 g/mol. The van der Waals surface area contributed by atoms with Gasteiger partial charge in [-0.3, -0.25) is 9.79 Å². The van der Waals surface area contributed by atoms with Crippen LogP contribution in [0.5, 0.6) is 0 Å². The Morgan fingerprint density at radius 3 is 2.56 bits per heavy atom. The number of hydrogen-bond donors (Lipinski definition) is 1. The van der Waals surface area contributed by atoms with Gasteiger partial charge in [0.15, 0.2) is 5.96 Å². The van der Waals surface area contributed by atoms with E-state index in [1.165, 1.54) is 19.3 Å². The van der Waals surface area contributed by atoms with E-state index in [2.05, 4.69) is 10.3 Å². The molecule has 0 aromatic heterocycles. The van der Waals surface area contributed by atoms with Gasteiger partial charge >= 0.3 is 0 Å². The van der Waals surface area contributed by atoms with Crippen LogP contribution in [0.3, 0.4) is 0 Å². The summed E-state index contributed by atoms with van der Waals surface area (Å²) in [6.07, 6.45) is 5.41. The molecule has 0 aromatic carbocycles. The number of guanidine groups is 1. The minimum atomic E-state index is 0.159. The Bertz CT molecular complexity index is 514. The molecule has 0 radical (unpaired) electrons. The van der Waals surface area contributed by atoms with Crippen LogP contribution in [0.15, 0.2) is 4.99 Å². The Hall–Kier alpha value is -1.30. The number of nitrogens with one attached hydrogen (secondary N) is 1. The van der Waals surface area contributed by atoms with E-state index in [1.807, 2.05) is 37.6 Å². The summed E-state index contributed by atoms with van der Waals surface area (Å²) in [5.41, 5.74) is 0.319. The van der Waals surface area contributed by atoms with Gasteiger partial charge in [0.25, 0.3) is 0 Å². The molecule has 3 fully saturated rings. The van der Waals surface area contributed by atoms with Gasteiger partial charge in [0.2, 0.25) is 5.91 Å². The average molecular weight is 351 g/mol. The molecular formula is C19H34N4O2. The quantitative estimate of drug-likeness (QED) is 0.585. The maximum atomic E-state index is 12.5. The fraction of sp³-hybridized carbons (Fsp3) is 0.895. The van der Waals surface area contributed by atoms with Crippen molar-refractivity contribution in [2.45, 2.75) is 58.6 Å². The maximum absolute atomic E-state index is 12.5. The number of likely N-dealkylation sites (N-methyl/N-ethyl adjacent to an activating group) is 2. The van der Waals surface area contributed by atoms with Crippen molar-refractivity contribution in [1.82, 2.24) is 15.1 Å². The second-order valence-electron chi connectivity index (χ2n) is 7.67. The molecular weight excluding hydrogens is 316 g/mol. The summed E-state index contributed by atoms with van der Waals surface area (Å²) in [6, 6.07) is 0.449. The predicted octanol–water partition coefficient (Wildman–Crippen LogP) is 1.71. The molecule has 2 aliphatic carbocycles. The summed E-state index contributed by atoms with van der Waals surface area (Å²) in [4.78, 5) is 21.0. The number of carbonyl (C=O) groups excluding carboxylic acids is 1. The van der Waals surface area contributed by atoms with Gasteiger partial charge in [0.05, 0.1) is 12.6 Å². The van der Waals surface area contributed by atoms with Gasteiger partial charge in [0.1, 0.15) is 0 Å². The van der Waals surface area contributed by atoms with Gasteiger partial charge in [-0.25, -0.2) is 0 Å². The lowest BCUT2D eigenvalue weighted by Gasteiger charge is -2.63. The lowest BCUT2D eigenvalue weighted by molar-refractivity contribution is -0.171. The molecule has 3 atom stereocenters. The fourth-order valence-corrected chi connectivity index (χ4v) is 4.98. The largest absolute Gasteiger partial charge is 0.377 e. The number of nitrogens with zero attached hydrogens (tertiary/aromatic N) is 3. The van der Waals surface area contributed by atoms with Crippen molar-refractivity contribution in [1.29, 1.82) is 0 Å². The summed E-state index contributed by atoms with van der Waals surface area (Å²) in [6.45, 7) is 9.59. The molecule has 1 saturated heterocycles. The lowest BCUT2D eigenvalue weighted by atomic mass is 9.46. The highest BCUT2D eigenvalue weighted by Crippen LogP contribution is 2.62. The number of fused-ring (bicyclic) bond motifs is 2. The molecule has 6 nitrogen and oxygen atoms in total. The SMILES string of the molecule is CCN=C(NC1C2CCOC2C12CCC2)N(C)CC(=O)N(CC)CC. The molecule has 1 spiro atoms. The molecule has 142 valence electrons. The van der Waals surface area contributed by atoms with E-state index in [-0.39, 0.29) is 5.91 Å². The Morgan fingerprint density at radius 2 is 2.00 bits per heavy atom. The zero-order valence-electron chi connectivity index (χ0n) is 16.3. The number of carbonyl (C=O) groups is 1. The summed E-state index contributed by atoms with van der Waals surface area (Å²) in [7, 11) is 1.97. The van der Waals surface area contributed by atoms with Crippen molar-refractivity contribution >= 4 is 11.9 Å². The third-order valence-corrected chi connectivity index (χ3v) is 6.48. The molecule has 1 N–H and O–H groups in total. The smallest absolute Gasteiger partial charge is 0.242 e. The molecule has 3 rings (SSSR count). The minimum Gasteiger partial charge on any atom is -0.377 e. The number of ether oxygens (including phenoxy) is 1. The summed E-state index contributed by atoms with van der Waals surface area (Å²) in [5.74, 6) is 1.63. The first-order valence-electron chi connectivity index (χ1n) is 9.98. The highest BCUT2D eigenvalue weighted by atomic mass is 16.5. The Morgan fingerprint density at radius 1 is 1.28 bits per heavy atom. The van der Waals surface area contributed by atoms with Gasteiger partial charge < -0.3 is 19.9 Å². The number of aliphatic imine (C=N–C) groups is 1. The van der Waals surface area contributed by atoms with Crippen molar-refractivity contribution in [3.8, 4) is 0 Å². The van der Waals surface area contributed by atoms with Crippen LogP contribution in [-0.4, -0.2) is 73.6 Å². The first-order valence-corrected chi connectivity index (χ1v) is 9.98. The van der Waals surface area contributed by atoms with E-state index >= 15 is 0 Å². The molecule has 1 heterocycles. The molecule has 0 aromatic rings. The fourth-order valence-electron chi connectivity index (χ4n) is 4.98. The number of hydrogen-bond acceptors (Lipinski definition) is 3. The van der Waals surface area contributed by atoms with E-state index in [1.54, 1.807) is 0 Å². The third kappa shape index (κ3) is 3.14. The van der Waals surface area contributed by atoms with E-state index in [0.29, 0.717) is 30.0 Å². The molecule has 1 amide bonds. The zero-order valence-corrected chi connectivity index (χ0v) is 16.3. The second-order valence-corrected chi connectivity index (χ2v) is 7.67. The summed E-state index contributed by atoms with van der Waals surface area (Å²) in [5, 5.41) is 3.72. The Labute approximate surface area is 152 Å². The summed E-state index contributed by atoms with van der Waals surface area (Å²) < 4.78 is 6.01. The third-order valence-electron chi connectivity index (χ3n) is 6.48. The van der Waals surface area contributed by atoms with E-state index < -0.39 is 0 Å². The molecule has 3 unspecified atom stereocenters. The van der Waals surface area contributed by atoms with Crippen LogP contribution in [0.2, 0.25) is 0 Å². The molecule has 6 heteroatoms. The first-order chi connectivity index (χ1) is 12.1. The Balaban J connectivity index is 1.65. The average Bonchev–Trinajstić information content (AvgIpc) is 2.96.